The van der Waals surface area contributed by atoms with Crippen LogP contribution in [0.25, 0.3) is 11.1 Å². The van der Waals surface area contributed by atoms with Crippen molar-refractivity contribution in [2.45, 2.75) is 39.5 Å². The van der Waals surface area contributed by atoms with Crippen LogP contribution in [-0.2, 0) is 13.5 Å². The van der Waals surface area contributed by atoms with Crippen LogP contribution in [0.3, 0.4) is 0 Å². The molecule has 2 N–H and O–H groups in total. The molecule has 0 amide bonds. The zero-order valence-corrected chi connectivity index (χ0v) is 12.3. The van der Waals surface area contributed by atoms with Gasteiger partial charge in [-0.1, -0.05) is 51.5 Å². The minimum atomic E-state index is 0.551. The van der Waals surface area contributed by atoms with Crippen molar-refractivity contribution in [3.63, 3.8) is 0 Å². The van der Waals surface area contributed by atoms with E-state index in [1.165, 1.54) is 11.1 Å². The molecule has 0 unspecified atom stereocenters. The van der Waals surface area contributed by atoms with Gasteiger partial charge < -0.3 is 5.73 Å². The summed E-state index contributed by atoms with van der Waals surface area (Å²) in [5.74, 6) is 1.30. The first-order valence-corrected chi connectivity index (χ1v) is 6.96. The van der Waals surface area contributed by atoms with Crippen molar-refractivity contribution < 1.29 is 0 Å². The summed E-state index contributed by atoms with van der Waals surface area (Å²) < 4.78 is 1.77. The fraction of sp³-hybridized carbons (Fsp3) is 0.438. The van der Waals surface area contributed by atoms with Gasteiger partial charge in [-0.05, 0) is 23.5 Å². The SMILES string of the molecule is CCCc1nn(C)c(N)c1-c1ccc(C(C)C)cc1. The van der Waals surface area contributed by atoms with Crippen LogP contribution < -0.4 is 5.73 Å². The van der Waals surface area contributed by atoms with Crippen LogP contribution in [-0.4, -0.2) is 9.78 Å². The van der Waals surface area contributed by atoms with Gasteiger partial charge >= 0.3 is 0 Å². The lowest BCUT2D eigenvalue weighted by Gasteiger charge is -2.08. The van der Waals surface area contributed by atoms with Crippen molar-refractivity contribution in [2.75, 3.05) is 5.73 Å². The van der Waals surface area contributed by atoms with E-state index in [4.69, 9.17) is 5.73 Å². The number of rotatable bonds is 4. The van der Waals surface area contributed by atoms with Crippen molar-refractivity contribution in [3.05, 3.63) is 35.5 Å². The number of aromatic nitrogens is 2. The molecule has 0 atom stereocenters. The van der Waals surface area contributed by atoms with Gasteiger partial charge in [0.15, 0.2) is 0 Å². The highest BCUT2D eigenvalue weighted by molar-refractivity contribution is 5.76. The number of hydrogen-bond donors (Lipinski definition) is 1. The monoisotopic (exact) mass is 257 g/mol. The van der Waals surface area contributed by atoms with Crippen LogP contribution in [0.2, 0.25) is 0 Å². The van der Waals surface area contributed by atoms with E-state index in [0.717, 1.165) is 29.9 Å². The van der Waals surface area contributed by atoms with Crippen LogP contribution in [0.1, 0.15) is 44.4 Å². The van der Waals surface area contributed by atoms with E-state index < -0.39 is 0 Å². The Labute approximate surface area is 115 Å². The van der Waals surface area contributed by atoms with Crippen LogP contribution >= 0.6 is 0 Å². The van der Waals surface area contributed by atoms with Gasteiger partial charge in [0.25, 0.3) is 0 Å². The molecule has 1 aromatic carbocycles. The first kappa shape index (κ1) is 13.7. The Morgan fingerprint density at radius 3 is 2.37 bits per heavy atom. The molecule has 102 valence electrons. The number of nitrogen functional groups attached to an aromatic ring is 1. The topological polar surface area (TPSA) is 43.8 Å². The van der Waals surface area contributed by atoms with Gasteiger partial charge in [0.05, 0.1) is 5.69 Å². The van der Waals surface area contributed by atoms with E-state index in [-0.39, 0.29) is 0 Å². The summed E-state index contributed by atoms with van der Waals surface area (Å²) in [6.07, 6.45) is 2.04. The summed E-state index contributed by atoms with van der Waals surface area (Å²) in [4.78, 5) is 0. The summed E-state index contributed by atoms with van der Waals surface area (Å²) in [6, 6.07) is 8.67. The second-order valence-corrected chi connectivity index (χ2v) is 5.36. The maximum atomic E-state index is 6.16. The van der Waals surface area contributed by atoms with Gasteiger partial charge in [0.2, 0.25) is 0 Å². The van der Waals surface area contributed by atoms with Gasteiger partial charge in [-0.3, -0.25) is 4.68 Å². The number of anilines is 1. The standard InChI is InChI=1S/C16H23N3/c1-5-6-14-15(16(17)19(4)18-14)13-9-7-12(8-10-13)11(2)3/h7-11H,5-6,17H2,1-4H3. The predicted octanol–water partition coefficient (Wildman–Crippen LogP) is 3.75. The number of benzene rings is 1. The molecule has 0 spiro atoms. The quantitative estimate of drug-likeness (QED) is 0.906. The molecule has 3 nitrogen and oxygen atoms in total. The van der Waals surface area contributed by atoms with E-state index >= 15 is 0 Å². The molecule has 19 heavy (non-hydrogen) atoms. The molecular formula is C16H23N3. The van der Waals surface area contributed by atoms with Crippen molar-refractivity contribution in [2.24, 2.45) is 7.05 Å². The minimum Gasteiger partial charge on any atom is -0.383 e. The lowest BCUT2D eigenvalue weighted by atomic mass is 9.98. The van der Waals surface area contributed by atoms with Crippen LogP contribution in [0.15, 0.2) is 24.3 Å². The summed E-state index contributed by atoms with van der Waals surface area (Å²) in [6.45, 7) is 6.57. The third-order valence-electron chi connectivity index (χ3n) is 3.52. The zero-order chi connectivity index (χ0) is 14.0. The fourth-order valence-electron chi connectivity index (χ4n) is 2.36. The Morgan fingerprint density at radius 1 is 1.21 bits per heavy atom. The van der Waals surface area contributed by atoms with Gasteiger partial charge in [0.1, 0.15) is 5.82 Å². The highest BCUT2D eigenvalue weighted by atomic mass is 15.3. The maximum absolute atomic E-state index is 6.16. The molecule has 0 saturated carbocycles. The molecule has 3 heteroatoms. The van der Waals surface area contributed by atoms with Crippen LogP contribution in [0.5, 0.6) is 0 Å². The third kappa shape index (κ3) is 2.65. The first-order valence-electron chi connectivity index (χ1n) is 6.96. The Bertz CT molecular complexity index is 550. The Morgan fingerprint density at radius 2 is 1.84 bits per heavy atom. The molecule has 0 aliphatic carbocycles. The molecule has 0 bridgehead atoms. The number of nitrogens with zero attached hydrogens (tertiary/aromatic N) is 2. The molecule has 0 aliphatic heterocycles. The zero-order valence-electron chi connectivity index (χ0n) is 12.3. The lowest BCUT2D eigenvalue weighted by Crippen LogP contribution is -1.98. The van der Waals surface area contributed by atoms with E-state index in [1.54, 1.807) is 4.68 Å². The lowest BCUT2D eigenvalue weighted by molar-refractivity contribution is 0.741. The molecule has 0 aliphatic rings. The van der Waals surface area contributed by atoms with Gasteiger partial charge in [-0.2, -0.15) is 5.10 Å². The van der Waals surface area contributed by atoms with Gasteiger partial charge in [-0.15, -0.1) is 0 Å². The van der Waals surface area contributed by atoms with Gasteiger partial charge in [-0.25, -0.2) is 0 Å². The highest BCUT2D eigenvalue weighted by Crippen LogP contribution is 2.31. The average Bonchev–Trinajstić information content (AvgIpc) is 2.66. The molecule has 1 aromatic heterocycles. The maximum Gasteiger partial charge on any atom is 0.129 e. The van der Waals surface area contributed by atoms with E-state index in [1.807, 2.05) is 7.05 Å². The average molecular weight is 257 g/mol. The second kappa shape index (κ2) is 5.47. The molecule has 2 rings (SSSR count). The number of hydrogen-bond acceptors (Lipinski definition) is 2. The summed E-state index contributed by atoms with van der Waals surface area (Å²) in [7, 11) is 1.90. The second-order valence-electron chi connectivity index (χ2n) is 5.36. The normalized spacial score (nSPS) is 11.2. The van der Waals surface area contributed by atoms with Gasteiger partial charge in [0, 0.05) is 12.6 Å². The number of aryl methyl sites for hydroxylation is 2. The molecular weight excluding hydrogens is 234 g/mol. The van der Waals surface area contributed by atoms with Crippen LogP contribution in [0, 0.1) is 0 Å². The van der Waals surface area contributed by atoms with Crippen molar-refractivity contribution in [3.8, 4) is 11.1 Å². The summed E-state index contributed by atoms with van der Waals surface area (Å²) in [5.41, 5.74) is 10.9. The van der Waals surface area contributed by atoms with E-state index in [9.17, 15) is 0 Å². The summed E-state index contributed by atoms with van der Waals surface area (Å²) >= 11 is 0. The van der Waals surface area contributed by atoms with Crippen LogP contribution in [0.4, 0.5) is 5.82 Å². The van der Waals surface area contributed by atoms with Crippen molar-refractivity contribution >= 4 is 5.82 Å². The molecule has 0 fully saturated rings. The molecule has 1 heterocycles. The summed E-state index contributed by atoms with van der Waals surface area (Å²) in [5, 5.41) is 4.53. The first-order chi connectivity index (χ1) is 9.04. The predicted molar refractivity (Wildman–Crippen MR) is 81.1 cm³/mol. The van der Waals surface area contributed by atoms with Crippen molar-refractivity contribution in [1.82, 2.24) is 9.78 Å². The Balaban J connectivity index is 2.45. The van der Waals surface area contributed by atoms with Crippen molar-refractivity contribution in [1.29, 1.82) is 0 Å². The van der Waals surface area contributed by atoms with E-state index in [0.29, 0.717) is 5.92 Å². The highest BCUT2D eigenvalue weighted by Gasteiger charge is 2.15. The fourth-order valence-corrected chi connectivity index (χ4v) is 2.36. The van der Waals surface area contributed by atoms with E-state index in [2.05, 4.69) is 50.1 Å². The largest absolute Gasteiger partial charge is 0.383 e. The Kier molecular flexibility index (Phi) is 3.93. The minimum absolute atomic E-state index is 0.551. The third-order valence-corrected chi connectivity index (χ3v) is 3.52. The molecule has 0 radical (unpaired) electrons. The smallest absolute Gasteiger partial charge is 0.129 e. The molecule has 2 aromatic rings. The number of nitrogens with two attached hydrogens (primary N) is 1. The molecule has 0 saturated heterocycles. The Hall–Kier alpha value is -1.77.